The summed E-state index contributed by atoms with van der Waals surface area (Å²) in [6.45, 7) is -0.977. The molecule has 4 N–H and O–H groups in total. The molecule has 0 aliphatic carbocycles. The first-order chi connectivity index (χ1) is 20.5. The van der Waals surface area contributed by atoms with E-state index in [4.69, 9.17) is 4.74 Å². The average Bonchev–Trinajstić information content (AvgIpc) is 3.61. The fourth-order valence-corrected chi connectivity index (χ4v) is 5.04. The first kappa shape index (κ1) is 31.5. The van der Waals surface area contributed by atoms with Crippen LogP contribution in [0.5, 0.6) is 5.75 Å². The Morgan fingerprint density at radius 3 is 2.49 bits per heavy atom. The quantitative estimate of drug-likeness (QED) is 0.223. The minimum Gasteiger partial charge on any atom is -0.496 e. The summed E-state index contributed by atoms with van der Waals surface area (Å²) < 4.78 is 47.0. The van der Waals surface area contributed by atoms with Gasteiger partial charge in [0, 0.05) is 23.4 Å². The lowest BCUT2D eigenvalue weighted by atomic mass is 9.95. The van der Waals surface area contributed by atoms with Gasteiger partial charge in [0.1, 0.15) is 24.1 Å². The zero-order chi connectivity index (χ0) is 31.0. The van der Waals surface area contributed by atoms with Gasteiger partial charge >= 0.3 is 6.36 Å². The number of fused-ring (bicyclic) bond motifs is 1. The average molecular weight is 603 g/mol. The molecule has 2 aromatic carbocycles. The molecule has 10 nitrogen and oxygen atoms in total. The second kappa shape index (κ2) is 14.2. The van der Waals surface area contributed by atoms with Gasteiger partial charge in [-0.05, 0) is 55.9 Å². The number of aryl methyl sites for hydroxylation is 1. The van der Waals surface area contributed by atoms with Crippen LogP contribution < -0.4 is 20.7 Å². The molecule has 1 aliphatic heterocycles. The lowest BCUT2D eigenvalue weighted by Crippen LogP contribution is -2.53. The zero-order valence-corrected chi connectivity index (χ0v) is 23.5. The number of nitrogens with one attached hydrogen (secondary N) is 4. The summed E-state index contributed by atoms with van der Waals surface area (Å²) in [6, 6.07) is 13.7. The normalized spacial score (nSPS) is 16.4. The van der Waals surface area contributed by atoms with Crippen LogP contribution in [0.4, 0.5) is 13.2 Å². The fourth-order valence-electron chi connectivity index (χ4n) is 5.04. The number of aromatic nitrogens is 1. The van der Waals surface area contributed by atoms with E-state index >= 15 is 0 Å². The van der Waals surface area contributed by atoms with Crippen LogP contribution in [0.3, 0.4) is 0 Å². The number of hydrogen-bond acceptors (Lipinski definition) is 6. The number of H-pyrrole nitrogens is 1. The van der Waals surface area contributed by atoms with E-state index in [0.29, 0.717) is 42.5 Å². The van der Waals surface area contributed by atoms with Crippen LogP contribution in [-0.4, -0.2) is 67.2 Å². The predicted octanol–water partition coefficient (Wildman–Crippen LogP) is 3.41. The SMILES string of the molecule is COc1cccc2[nH]c(C(=O)NC(CCCc3ccccc3)C(=O)NC(CC3CCNC3=O)C(=O)COC(F)(F)F)cc12. The number of halogens is 3. The molecule has 0 spiro atoms. The number of carbonyl (C=O) groups excluding carboxylic acids is 4. The summed E-state index contributed by atoms with van der Waals surface area (Å²) in [5.74, 6) is -2.89. The maximum atomic E-state index is 13.5. The highest BCUT2D eigenvalue weighted by Crippen LogP contribution is 2.26. The number of amides is 3. The van der Waals surface area contributed by atoms with Gasteiger partial charge in [-0.2, -0.15) is 0 Å². The molecule has 4 rings (SSSR count). The van der Waals surface area contributed by atoms with Crippen LogP contribution in [0.25, 0.3) is 10.9 Å². The lowest BCUT2D eigenvalue weighted by Gasteiger charge is -2.24. The molecule has 3 aromatic rings. The van der Waals surface area contributed by atoms with E-state index in [9.17, 15) is 32.3 Å². The third-order valence-corrected chi connectivity index (χ3v) is 7.28. The smallest absolute Gasteiger partial charge is 0.496 e. The summed E-state index contributed by atoms with van der Waals surface area (Å²) in [4.78, 5) is 54.7. The predicted molar refractivity (Wildman–Crippen MR) is 150 cm³/mol. The molecule has 1 aliphatic rings. The molecule has 43 heavy (non-hydrogen) atoms. The maximum absolute atomic E-state index is 13.5. The summed E-state index contributed by atoms with van der Waals surface area (Å²) in [7, 11) is 1.50. The fraction of sp³-hybridized carbons (Fsp3) is 0.400. The van der Waals surface area contributed by atoms with Gasteiger partial charge in [0.15, 0.2) is 5.78 Å². The topological polar surface area (TPSA) is 139 Å². The summed E-state index contributed by atoms with van der Waals surface area (Å²) in [5, 5.41) is 8.45. The Hall–Kier alpha value is -4.39. The molecule has 3 atom stereocenters. The zero-order valence-electron chi connectivity index (χ0n) is 23.5. The molecule has 230 valence electrons. The van der Waals surface area contributed by atoms with Crippen molar-refractivity contribution in [1.82, 2.24) is 20.9 Å². The van der Waals surface area contributed by atoms with E-state index in [-0.39, 0.29) is 24.4 Å². The molecule has 13 heteroatoms. The number of alkyl halides is 3. The van der Waals surface area contributed by atoms with Crippen LogP contribution in [0.2, 0.25) is 0 Å². The maximum Gasteiger partial charge on any atom is 0.522 e. The minimum atomic E-state index is -5.05. The van der Waals surface area contributed by atoms with E-state index in [1.54, 1.807) is 24.3 Å². The first-order valence-corrected chi connectivity index (χ1v) is 13.9. The van der Waals surface area contributed by atoms with Crippen molar-refractivity contribution < 1.29 is 41.8 Å². The summed E-state index contributed by atoms with van der Waals surface area (Å²) in [5.41, 5.74) is 1.81. The molecule has 0 radical (unpaired) electrons. The monoisotopic (exact) mass is 602 g/mol. The van der Waals surface area contributed by atoms with Crippen molar-refractivity contribution in [1.29, 1.82) is 0 Å². The Balaban J connectivity index is 1.52. The van der Waals surface area contributed by atoms with Crippen molar-refractivity contribution in [2.45, 2.75) is 50.6 Å². The summed E-state index contributed by atoms with van der Waals surface area (Å²) >= 11 is 0. The Morgan fingerprint density at radius 1 is 1.05 bits per heavy atom. The number of Topliss-reactive ketones (excluding diaryl/α,β-unsaturated/α-hetero) is 1. The van der Waals surface area contributed by atoms with Crippen molar-refractivity contribution >= 4 is 34.4 Å². The highest BCUT2D eigenvalue weighted by molar-refractivity contribution is 6.02. The Kier molecular flexibility index (Phi) is 10.4. The molecule has 0 saturated carbocycles. The van der Waals surface area contributed by atoms with Gasteiger partial charge < -0.3 is 25.7 Å². The van der Waals surface area contributed by atoms with Crippen LogP contribution in [0.1, 0.15) is 41.7 Å². The molecule has 3 unspecified atom stereocenters. The lowest BCUT2D eigenvalue weighted by molar-refractivity contribution is -0.321. The Bertz CT molecular complexity index is 1440. The van der Waals surface area contributed by atoms with E-state index in [1.165, 1.54) is 7.11 Å². The van der Waals surface area contributed by atoms with E-state index < -0.39 is 48.6 Å². The van der Waals surface area contributed by atoms with Crippen molar-refractivity contribution in [3.05, 3.63) is 65.9 Å². The highest BCUT2D eigenvalue weighted by Gasteiger charge is 2.36. The molecule has 3 amide bonds. The van der Waals surface area contributed by atoms with Crippen LogP contribution in [0, 0.1) is 5.92 Å². The molecular weight excluding hydrogens is 569 g/mol. The number of ether oxygens (including phenoxy) is 2. The van der Waals surface area contributed by atoms with Crippen LogP contribution >= 0.6 is 0 Å². The first-order valence-electron chi connectivity index (χ1n) is 13.9. The van der Waals surface area contributed by atoms with Crippen LogP contribution in [-0.2, 0) is 25.5 Å². The number of ketones is 1. The molecule has 1 aromatic heterocycles. The Labute approximate surface area is 245 Å². The van der Waals surface area contributed by atoms with Gasteiger partial charge in [0.05, 0.1) is 13.2 Å². The van der Waals surface area contributed by atoms with Crippen molar-refractivity contribution in [3.63, 3.8) is 0 Å². The van der Waals surface area contributed by atoms with Crippen LogP contribution in [0.15, 0.2) is 54.6 Å². The van der Waals surface area contributed by atoms with Crippen molar-refractivity contribution in [2.24, 2.45) is 5.92 Å². The second-order valence-corrected chi connectivity index (χ2v) is 10.3. The number of rotatable bonds is 14. The standard InChI is InChI=1S/C30H33F3N4O6/c1-42-26-12-6-10-21-20(26)16-24(35-21)29(41)36-22(11-5-9-18-7-3-2-4-8-18)28(40)37-23(15-19-13-14-34-27(19)39)25(38)17-43-30(31,32)33/h2-4,6-8,10,12,16,19,22-23,35H,5,9,11,13-15,17H2,1H3,(H,34,39)(H,36,41)(H,37,40). The van der Waals surface area contributed by atoms with Crippen molar-refractivity contribution in [3.8, 4) is 5.75 Å². The molecule has 0 bridgehead atoms. The Morgan fingerprint density at radius 2 is 1.81 bits per heavy atom. The second-order valence-electron chi connectivity index (χ2n) is 10.3. The van der Waals surface area contributed by atoms with E-state index in [2.05, 4.69) is 25.7 Å². The van der Waals surface area contributed by atoms with Gasteiger partial charge in [0.2, 0.25) is 11.8 Å². The number of hydrogen-bond donors (Lipinski definition) is 4. The number of benzene rings is 2. The van der Waals surface area contributed by atoms with Crippen molar-refractivity contribution in [2.75, 3.05) is 20.3 Å². The van der Waals surface area contributed by atoms with E-state index in [1.807, 2.05) is 30.3 Å². The highest BCUT2D eigenvalue weighted by atomic mass is 19.4. The van der Waals surface area contributed by atoms with Gasteiger partial charge in [0.25, 0.3) is 5.91 Å². The molecule has 1 fully saturated rings. The largest absolute Gasteiger partial charge is 0.522 e. The molecule has 2 heterocycles. The number of methoxy groups -OCH3 is 1. The summed E-state index contributed by atoms with van der Waals surface area (Å²) in [6.07, 6.45) is -3.66. The molecular formula is C30H33F3N4O6. The number of aromatic amines is 1. The van der Waals surface area contributed by atoms with Gasteiger partial charge in [-0.15, -0.1) is 13.2 Å². The third-order valence-electron chi connectivity index (χ3n) is 7.28. The minimum absolute atomic E-state index is 0.161. The van der Waals surface area contributed by atoms with Gasteiger partial charge in [-0.1, -0.05) is 36.4 Å². The van der Waals surface area contributed by atoms with Gasteiger partial charge in [-0.25, -0.2) is 0 Å². The third kappa shape index (κ3) is 8.80. The molecule has 1 saturated heterocycles. The van der Waals surface area contributed by atoms with E-state index in [0.717, 1.165) is 5.56 Å². The van der Waals surface area contributed by atoms with Gasteiger partial charge in [-0.3, -0.25) is 23.9 Å². The number of carbonyl (C=O) groups is 4.